The number of halogens is 1. The summed E-state index contributed by atoms with van der Waals surface area (Å²) in [4.78, 5) is 8.49. The molecule has 0 aliphatic carbocycles. The van der Waals surface area contributed by atoms with Crippen molar-refractivity contribution in [3.8, 4) is 0 Å². The number of hydrogen-bond acceptors (Lipinski definition) is 1. The Morgan fingerprint density at radius 3 is 2.57 bits per heavy atom. The van der Waals surface area contributed by atoms with Crippen molar-refractivity contribution in [3.05, 3.63) is 0 Å². The van der Waals surface area contributed by atoms with Crippen LogP contribution in [0.5, 0.6) is 0 Å². The molecule has 4 heteroatoms. The normalized spacial score (nSPS) is 10.7. The van der Waals surface area contributed by atoms with E-state index in [2.05, 4.69) is 29.3 Å². The zero-order valence-electron chi connectivity index (χ0n) is 4.32. The molecular weight excluding hydrogens is 221 g/mol. The largest absolute Gasteiger partial charge is 0.386 e. The van der Waals surface area contributed by atoms with Crippen LogP contribution in [0.15, 0.2) is 0 Å². The summed E-state index contributed by atoms with van der Waals surface area (Å²) in [5.74, 6) is 0. The predicted octanol–water partition coefficient (Wildman–Crippen LogP) is 1.91. The molecule has 0 spiro atoms. The van der Waals surface area contributed by atoms with Gasteiger partial charge in [-0.15, -0.1) is 22.4 Å². The molecule has 0 aliphatic heterocycles. The first-order valence-electron chi connectivity index (χ1n) is 2.35. The molecule has 0 saturated carbocycles. The van der Waals surface area contributed by atoms with E-state index in [0.717, 1.165) is 6.32 Å². The van der Waals surface area contributed by atoms with Gasteiger partial charge in [0.05, 0.1) is 0 Å². The summed E-state index contributed by atoms with van der Waals surface area (Å²) in [6, 6.07) is 0. The molecule has 0 amide bonds. The van der Waals surface area contributed by atoms with E-state index in [1.165, 1.54) is 6.42 Å². The monoisotopic (exact) mass is 230 g/mol. The van der Waals surface area contributed by atoms with E-state index < -0.39 is 0 Å². The second-order valence-corrected chi connectivity index (χ2v) is 5.02. The van der Waals surface area contributed by atoms with Gasteiger partial charge in [-0.1, -0.05) is 19.7 Å². The van der Waals surface area contributed by atoms with Crippen LogP contribution in [0.1, 0.15) is 13.3 Å². The van der Waals surface area contributed by atoms with Crippen molar-refractivity contribution in [2.75, 3.05) is 0 Å². The summed E-state index contributed by atoms with van der Waals surface area (Å²) in [5, 5.41) is 0. The van der Waals surface area contributed by atoms with E-state index >= 15 is 0 Å². The van der Waals surface area contributed by atoms with Gasteiger partial charge in [-0.2, -0.15) is 0 Å². The second-order valence-electron chi connectivity index (χ2n) is 1.39. The fourth-order valence-electron chi connectivity index (χ4n) is 0.318. The Bertz CT molecular complexity index is 45.9. The molecule has 0 fully saturated rings. The fourth-order valence-corrected chi connectivity index (χ4v) is 1.36. The van der Waals surface area contributed by atoms with Crippen molar-refractivity contribution < 1.29 is 4.89 Å². The molecule has 0 heterocycles. The first kappa shape index (κ1) is 8.18. The van der Waals surface area contributed by atoms with Gasteiger partial charge >= 0.3 is 0 Å². The maximum Gasteiger partial charge on any atom is 0.273 e. The Kier molecular flexibility index (Phi) is 6.23. The standard InChI is InChI=1S/C3H9BIOP/c1-2-3-4(5)7-6/h6-7H,2-3H2,1H3. The van der Waals surface area contributed by atoms with Crippen LogP contribution in [0.2, 0.25) is 6.32 Å². The average Bonchev–Trinajstić information content (AvgIpc) is 1.68. The number of rotatable bonds is 3. The lowest BCUT2D eigenvalue weighted by molar-refractivity contribution is 0.658. The van der Waals surface area contributed by atoms with E-state index in [4.69, 9.17) is 4.89 Å². The summed E-state index contributed by atoms with van der Waals surface area (Å²) in [6.07, 6.45) is 2.33. The Morgan fingerprint density at radius 1 is 1.86 bits per heavy atom. The molecular formula is C3H9BIOP. The molecule has 0 saturated heterocycles. The molecule has 0 aliphatic rings. The van der Waals surface area contributed by atoms with Gasteiger partial charge in [0.25, 0.3) is 4.29 Å². The van der Waals surface area contributed by atoms with Crippen LogP contribution in [0, 0.1) is 0 Å². The third-order valence-corrected chi connectivity index (χ3v) is 2.71. The molecule has 1 nitrogen and oxygen atoms in total. The highest BCUT2D eigenvalue weighted by molar-refractivity contribution is 14.1. The van der Waals surface area contributed by atoms with Crippen LogP contribution in [0.4, 0.5) is 0 Å². The molecule has 42 valence electrons. The molecule has 0 radical (unpaired) electrons. The Balaban J connectivity index is 2.83. The highest BCUT2D eigenvalue weighted by Gasteiger charge is 2.03. The summed E-state index contributed by atoms with van der Waals surface area (Å²) in [6.45, 7) is 2.13. The van der Waals surface area contributed by atoms with Crippen molar-refractivity contribution in [2.45, 2.75) is 19.7 Å². The van der Waals surface area contributed by atoms with E-state index in [1.54, 1.807) is 0 Å². The molecule has 7 heavy (non-hydrogen) atoms. The summed E-state index contributed by atoms with van der Waals surface area (Å²) in [5.41, 5.74) is 0. The first-order valence-corrected chi connectivity index (χ1v) is 4.62. The third kappa shape index (κ3) is 5.05. The number of hydrogen-bond donors (Lipinski definition) is 1. The minimum Gasteiger partial charge on any atom is -0.386 e. The zero-order valence-corrected chi connectivity index (χ0v) is 7.47. The van der Waals surface area contributed by atoms with Crippen LogP contribution in [-0.4, -0.2) is 9.18 Å². The SMILES string of the molecule is CCCB(I)PO. The molecule has 1 N–H and O–H groups in total. The van der Waals surface area contributed by atoms with Crippen molar-refractivity contribution in [1.82, 2.24) is 0 Å². The summed E-state index contributed by atoms with van der Waals surface area (Å²) in [7, 11) is 0.125. The van der Waals surface area contributed by atoms with Gasteiger partial charge in [0.1, 0.15) is 0 Å². The van der Waals surface area contributed by atoms with Gasteiger partial charge in [0.15, 0.2) is 0 Å². The summed E-state index contributed by atoms with van der Waals surface area (Å²) < 4.78 is 0.502. The van der Waals surface area contributed by atoms with E-state index in [1.807, 2.05) is 0 Å². The molecule has 1 atom stereocenters. The van der Waals surface area contributed by atoms with Gasteiger partial charge in [-0.25, -0.2) is 0 Å². The predicted molar refractivity (Wildman–Crippen MR) is 45.4 cm³/mol. The van der Waals surface area contributed by atoms with E-state index in [9.17, 15) is 0 Å². The molecule has 0 bridgehead atoms. The van der Waals surface area contributed by atoms with Gasteiger partial charge < -0.3 is 4.89 Å². The maximum atomic E-state index is 8.49. The van der Waals surface area contributed by atoms with Crippen molar-refractivity contribution in [1.29, 1.82) is 0 Å². The average molecular weight is 230 g/mol. The van der Waals surface area contributed by atoms with Crippen molar-refractivity contribution in [3.63, 3.8) is 0 Å². The maximum absolute atomic E-state index is 8.49. The third-order valence-electron chi connectivity index (χ3n) is 0.682. The molecule has 0 aromatic heterocycles. The Labute approximate surface area is 60.0 Å². The summed E-state index contributed by atoms with van der Waals surface area (Å²) >= 11 is 2.27. The molecule has 1 unspecified atom stereocenters. The smallest absolute Gasteiger partial charge is 0.273 e. The van der Waals surface area contributed by atoms with Gasteiger partial charge in [-0.05, 0) is 8.69 Å². The molecule has 0 aromatic rings. The van der Waals surface area contributed by atoms with Gasteiger partial charge in [0, 0.05) is 0 Å². The lowest BCUT2D eigenvalue weighted by Gasteiger charge is -1.94. The highest BCUT2D eigenvalue weighted by atomic mass is 127. The minimum atomic E-state index is 0.125. The van der Waals surface area contributed by atoms with Crippen molar-refractivity contribution >= 4 is 35.3 Å². The minimum absolute atomic E-state index is 0.125. The van der Waals surface area contributed by atoms with Crippen LogP contribution in [0.3, 0.4) is 0 Å². The topological polar surface area (TPSA) is 20.2 Å². The lowest BCUT2D eigenvalue weighted by Crippen LogP contribution is -1.89. The molecule has 0 aromatic carbocycles. The lowest BCUT2D eigenvalue weighted by atomic mass is 10.0. The van der Waals surface area contributed by atoms with E-state index in [0.29, 0.717) is 4.29 Å². The first-order chi connectivity index (χ1) is 3.31. The second kappa shape index (κ2) is 5.32. The Hall–Kier alpha value is 1.18. The van der Waals surface area contributed by atoms with Crippen LogP contribution >= 0.6 is 31.1 Å². The quantitative estimate of drug-likeness (QED) is 0.445. The van der Waals surface area contributed by atoms with E-state index in [-0.39, 0.29) is 8.69 Å². The zero-order chi connectivity index (χ0) is 5.70. The van der Waals surface area contributed by atoms with Gasteiger partial charge in [-0.3, -0.25) is 0 Å². The van der Waals surface area contributed by atoms with Crippen LogP contribution in [0.25, 0.3) is 0 Å². The van der Waals surface area contributed by atoms with Gasteiger partial charge in [0.2, 0.25) is 0 Å². The molecule has 0 rings (SSSR count). The Morgan fingerprint density at radius 2 is 2.43 bits per heavy atom. The van der Waals surface area contributed by atoms with Crippen LogP contribution in [-0.2, 0) is 0 Å². The fraction of sp³-hybridized carbons (Fsp3) is 1.00. The van der Waals surface area contributed by atoms with Crippen molar-refractivity contribution in [2.24, 2.45) is 0 Å². The highest BCUT2D eigenvalue weighted by Crippen LogP contribution is 2.20. The van der Waals surface area contributed by atoms with Crippen LogP contribution < -0.4 is 0 Å².